The number of ether oxygens (including phenoxy) is 2. The molecule has 0 aliphatic rings. The summed E-state index contributed by atoms with van der Waals surface area (Å²) in [6, 6.07) is 0. The summed E-state index contributed by atoms with van der Waals surface area (Å²) in [5.41, 5.74) is 0. The lowest BCUT2D eigenvalue weighted by Crippen LogP contribution is -2.37. The van der Waals surface area contributed by atoms with E-state index < -0.39 is 13.9 Å². The second-order valence-corrected chi connectivity index (χ2v) is 19.2. The molecule has 2 atom stereocenters. The highest BCUT2D eigenvalue weighted by molar-refractivity contribution is 7.45. The Bertz CT molecular complexity index is 1100. The van der Waals surface area contributed by atoms with E-state index in [2.05, 4.69) is 62.5 Å². The molecule has 0 spiro atoms. The smallest absolute Gasteiger partial charge is 0.306 e. The molecule has 0 aliphatic carbocycles. The number of rotatable bonds is 46. The fourth-order valence-electron chi connectivity index (χ4n) is 6.72. The van der Waals surface area contributed by atoms with Gasteiger partial charge in [-0.15, -0.1) is 0 Å². The molecule has 0 bridgehead atoms. The molecule has 0 amide bonds. The molecule has 0 heterocycles. The number of phosphoric acid groups is 1. The topological polar surface area (TPSA) is 94.1 Å². The first-order valence-electron chi connectivity index (χ1n) is 24.9. The van der Waals surface area contributed by atoms with Crippen LogP contribution in [0.1, 0.15) is 213 Å². The maximum absolute atomic E-state index is 12.7. The summed E-state index contributed by atoms with van der Waals surface area (Å²) in [7, 11) is 1.35. The van der Waals surface area contributed by atoms with Crippen LogP contribution >= 0.6 is 7.82 Å². The van der Waals surface area contributed by atoms with Crippen molar-refractivity contribution >= 4 is 13.8 Å². The van der Waals surface area contributed by atoms with Crippen LogP contribution in [0.25, 0.3) is 0 Å². The van der Waals surface area contributed by atoms with Crippen LogP contribution in [-0.2, 0) is 27.9 Å². The van der Waals surface area contributed by atoms with Crippen molar-refractivity contribution in [2.24, 2.45) is 0 Å². The molecule has 0 rings (SSSR count). The van der Waals surface area contributed by atoms with Gasteiger partial charge in [-0.2, -0.15) is 0 Å². The summed E-state index contributed by atoms with van der Waals surface area (Å²) in [4.78, 5) is 25.1. The van der Waals surface area contributed by atoms with Crippen LogP contribution in [0.3, 0.4) is 0 Å². The minimum atomic E-state index is -4.53. The Morgan fingerprint density at radius 3 is 1.42 bits per heavy atom. The second kappa shape index (κ2) is 44.1. The van der Waals surface area contributed by atoms with Gasteiger partial charge in [-0.05, 0) is 77.0 Å². The van der Waals surface area contributed by atoms with Gasteiger partial charge in [0, 0.05) is 13.0 Å². The number of nitrogens with zero attached hydrogens (tertiary/aromatic N) is 1. The molecule has 0 aromatic carbocycles. The Kier molecular flexibility index (Phi) is 43.0. The Labute approximate surface area is 371 Å². The maximum atomic E-state index is 12.7. The zero-order valence-electron chi connectivity index (χ0n) is 39.9. The summed E-state index contributed by atoms with van der Waals surface area (Å²) in [6.45, 7) is 5.37. The van der Waals surface area contributed by atoms with Crippen molar-refractivity contribution in [2.45, 2.75) is 219 Å². The zero-order chi connectivity index (χ0) is 44.1. The lowest BCUT2D eigenvalue weighted by atomic mass is 10.0. The van der Waals surface area contributed by atoms with Crippen LogP contribution in [0.5, 0.6) is 0 Å². The molecule has 9 heteroatoms. The van der Waals surface area contributed by atoms with Crippen LogP contribution in [0, 0.1) is 0 Å². The highest BCUT2D eigenvalue weighted by atomic mass is 31.2. The Hall–Kier alpha value is -1.54. The molecule has 0 aliphatic heterocycles. The van der Waals surface area contributed by atoms with Crippen LogP contribution in [-0.4, -0.2) is 70.7 Å². The molecule has 0 saturated carbocycles. The molecule has 0 aromatic heterocycles. The first kappa shape index (κ1) is 58.5. The predicted molar refractivity (Wildman–Crippen MR) is 254 cm³/mol. The first-order chi connectivity index (χ1) is 29.1. The monoisotopic (exact) mass is 866 g/mol. The van der Waals surface area contributed by atoms with E-state index >= 15 is 0 Å². The average molecular weight is 866 g/mol. The van der Waals surface area contributed by atoms with Crippen molar-refractivity contribution < 1.29 is 37.3 Å². The quantitative estimate of drug-likeness (QED) is 0.0198. The lowest BCUT2D eigenvalue weighted by molar-refractivity contribution is -0.870. The molecule has 0 saturated heterocycles. The Balaban J connectivity index is 4.12. The van der Waals surface area contributed by atoms with Gasteiger partial charge < -0.3 is 27.9 Å². The van der Waals surface area contributed by atoms with Crippen LogP contribution in [0.4, 0.5) is 0 Å². The largest absolute Gasteiger partial charge is 0.756 e. The molecule has 0 N–H and O–H groups in total. The van der Waals surface area contributed by atoms with Crippen molar-refractivity contribution in [3.8, 4) is 0 Å². The normalized spacial score (nSPS) is 14.0. The minimum Gasteiger partial charge on any atom is -0.756 e. The van der Waals surface area contributed by atoms with Crippen molar-refractivity contribution in [2.75, 3.05) is 54.1 Å². The fraction of sp³-hybridized carbons (Fsp3) is 0.824. The summed E-state index contributed by atoms with van der Waals surface area (Å²) in [5.74, 6) is -0.340. The van der Waals surface area contributed by atoms with E-state index in [1.54, 1.807) is 0 Å². The van der Waals surface area contributed by atoms with E-state index in [9.17, 15) is 14.3 Å². The van der Waals surface area contributed by atoms with E-state index in [-0.39, 0.29) is 25.8 Å². The SMILES string of the molecule is CCCCC/C=C\CCCCCCCCOCC(COP(=O)([O-])OCC[N+](C)(C)C)OC(=O)CCCCCCCCCCCC/C=C\C/C=C\C/C=C\CCCCCCC. The highest BCUT2D eigenvalue weighted by Gasteiger charge is 2.20. The number of esters is 1. The fourth-order valence-corrected chi connectivity index (χ4v) is 7.45. The summed E-state index contributed by atoms with van der Waals surface area (Å²) < 4.78 is 34.7. The number of unbranched alkanes of at least 4 members (excludes halogenated alkanes) is 24. The number of carbonyl (C=O) groups excluding carboxylic acids is 1. The molecule has 0 fully saturated rings. The molecular weight excluding hydrogens is 770 g/mol. The molecule has 352 valence electrons. The van der Waals surface area contributed by atoms with Gasteiger partial charge in [0.25, 0.3) is 7.82 Å². The summed E-state index contributed by atoms with van der Waals surface area (Å²) in [6.07, 6.45) is 54.1. The summed E-state index contributed by atoms with van der Waals surface area (Å²) in [5, 5.41) is 0. The Morgan fingerprint density at radius 1 is 0.517 bits per heavy atom. The van der Waals surface area contributed by atoms with Gasteiger partial charge in [-0.1, -0.05) is 178 Å². The van der Waals surface area contributed by atoms with Gasteiger partial charge in [0.15, 0.2) is 0 Å². The van der Waals surface area contributed by atoms with Crippen LogP contribution in [0.15, 0.2) is 48.6 Å². The third kappa shape index (κ3) is 47.5. The number of allylic oxidation sites excluding steroid dienone is 8. The molecule has 60 heavy (non-hydrogen) atoms. The molecule has 8 nitrogen and oxygen atoms in total. The number of carbonyl (C=O) groups is 1. The standard InChI is InChI=1S/C51H96NO7P/c1-6-8-10-12-14-16-18-20-21-22-23-24-25-26-27-28-29-30-31-32-34-36-38-40-42-44-51(53)59-50(49-58-60(54,55)57-47-45-52(3,4)5)48-56-46-43-41-39-37-35-33-19-17-15-13-11-9-7-2/h15,17-18,20,22-23,25-26,50H,6-14,16,19,21,24,27-49H2,1-5H3/b17-15-,20-18-,23-22-,26-25-. The van der Waals surface area contributed by atoms with Crippen molar-refractivity contribution in [1.82, 2.24) is 0 Å². The second-order valence-electron chi connectivity index (χ2n) is 17.8. The number of likely N-dealkylation sites (N-methyl/N-ethyl adjacent to an activating group) is 1. The van der Waals surface area contributed by atoms with Crippen molar-refractivity contribution in [3.05, 3.63) is 48.6 Å². The van der Waals surface area contributed by atoms with Crippen LogP contribution in [0.2, 0.25) is 0 Å². The number of hydrogen-bond acceptors (Lipinski definition) is 7. The van der Waals surface area contributed by atoms with Crippen molar-refractivity contribution in [3.63, 3.8) is 0 Å². The minimum absolute atomic E-state index is 0.0232. The molecule has 0 aromatic rings. The molecular formula is C51H96NO7P. The predicted octanol–water partition coefficient (Wildman–Crippen LogP) is 14.5. The van der Waals surface area contributed by atoms with Gasteiger partial charge >= 0.3 is 5.97 Å². The highest BCUT2D eigenvalue weighted by Crippen LogP contribution is 2.38. The van der Waals surface area contributed by atoms with Gasteiger partial charge in [0.05, 0.1) is 34.4 Å². The van der Waals surface area contributed by atoms with Gasteiger partial charge in [0.2, 0.25) is 0 Å². The van der Waals surface area contributed by atoms with Crippen molar-refractivity contribution in [1.29, 1.82) is 0 Å². The van der Waals surface area contributed by atoms with Gasteiger partial charge in [-0.3, -0.25) is 9.36 Å². The van der Waals surface area contributed by atoms with E-state index in [0.29, 0.717) is 24.1 Å². The summed E-state index contributed by atoms with van der Waals surface area (Å²) >= 11 is 0. The van der Waals surface area contributed by atoms with Crippen LogP contribution < -0.4 is 4.89 Å². The van der Waals surface area contributed by atoms with E-state index in [4.69, 9.17) is 18.5 Å². The number of phosphoric ester groups is 1. The Morgan fingerprint density at radius 2 is 0.917 bits per heavy atom. The average Bonchev–Trinajstić information content (AvgIpc) is 3.20. The third-order valence-electron chi connectivity index (χ3n) is 10.6. The van der Waals surface area contributed by atoms with Gasteiger partial charge in [0.1, 0.15) is 19.3 Å². The lowest BCUT2D eigenvalue weighted by Gasteiger charge is -2.28. The zero-order valence-corrected chi connectivity index (χ0v) is 40.8. The third-order valence-corrected chi connectivity index (χ3v) is 11.6. The van der Waals surface area contributed by atoms with Gasteiger partial charge in [-0.25, -0.2) is 0 Å². The molecule has 2 unspecified atom stereocenters. The van der Waals surface area contributed by atoms with E-state index in [1.807, 2.05) is 21.1 Å². The van der Waals surface area contributed by atoms with E-state index in [1.165, 1.54) is 148 Å². The number of hydrogen-bond donors (Lipinski definition) is 0. The first-order valence-corrected chi connectivity index (χ1v) is 26.3. The maximum Gasteiger partial charge on any atom is 0.306 e. The number of quaternary nitrogens is 1. The molecule has 0 radical (unpaired) electrons. The van der Waals surface area contributed by atoms with E-state index in [0.717, 1.165) is 44.9 Å².